The molecule has 0 fully saturated rings. The molecule has 0 bridgehead atoms. The summed E-state index contributed by atoms with van der Waals surface area (Å²) in [5, 5.41) is 2.76. The smallest absolute Gasteiger partial charge is 0.229 e. The van der Waals surface area contributed by atoms with Crippen LogP contribution in [0, 0.1) is 5.82 Å². The minimum Gasteiger partial charge on any atom is -0.487 e. The number of anilines is 1. The Balaban J connectivity index is 1.50. The van der Waals surface area contributed by atoms with Crippen molar-refractivity contribution in [1.29, 1.82) is 0 Å². The molecule has 2 aromatic rings. The Kier molecular flexibility index (Phi) is 5.84. The molecule has 1 amide bonds. The maximum absolute atomic E-state index is 14.0. The quantitative estimate of drug-likeness (QED) is 0.721. The van der Waals surface area contributed by atoms with Crippen LogP contribution in [-0.2, 0) is 34.2 Å². The van der Waals surface area contributed by atoms with Gasteiger partial charge in [0.2, 0.25) is 15.9 Å². The Labute approximate surface area is 170 Å². The molecule has 156 valence electrons. The summed E-state index contributed by atoms with van der Waals surface area (Å²) < 4.78 is 44.3. The van der Waals surface area contributed by atoms with Gasteiger partial charge in [0.25, 0.3) is 0 Å². The highest BCUT2D eigenvalue weighted by Crippen LogP contribution is 2.35. The molecule has 8 heteroatoms. The third kappa shape index (κ3) is 5.93. The standard InChI is InChI=1S/C21H25FN2O4S/c1-21(2)12-16-10-14(5-8-19(16)28-21)6-9-20(25)23-13-15-4-7-18(17(22)11-15)24-29(3,26)27/h4-5,7-8,10-11,24H,6,9,12-13H2,1-3H3,(H,23,25). The summed E-state index contributed by atoms with van der Waals surface area (Å²) >= 11 is 0. The van der Waals surface area contributed by atoms with Gasteiger partial charge < -0.3 is 10.1 Å². The lowest BCUT2D eigenvalue weighted by Crippen LogP contribution is -2.24. The maximum Gasteiger partial charge on any atom is 0.229 e. The van der Waals surface area contributed by atoms with Gasteiger partial charge in [-0.05, 0) is 55.2 Å². The van der Waals surface area contributed by atoms with Gasteiger partial charge in [0, 0.05) is 19.4 Å². The van der Waals surface area contributed by atoms with E-state index in [1.165, 1.54) is 12.1 Å². The zero-order valence-corrected chi connectivity index (χ0v) is 17.5. The van der Waals surface area contributed by atoms with Crippen molar-refractivity contribution in [3.05, 3.63) is 58.9 Å². The van der Waals surface area contributed by atoms with E-state index < -0.39 is 15.8 Å². The molecule has 0 radical (unpaired) electrons. The van der Waals surface area contributed by atoms with Crippen molar-refractivity contribution in [2.45, 2.75) is 45.3 Å². The van der Waals surface area contributed by atoms with E-state index in [0.29, 0.717) is 18.4 Å². The highest BCUT2D eigenvalue weighted by molar-refractivity contribution is 7.92. The summed E-state index contributed by atoms with van der Waals surface area (Å²) in [4.78, 5) is 12.1. The summed E-state index contributed by atoms with van der Waals surface area (Å²) in [6.45, 7) is 4.26. The van der Waals surface area contributed by atoms with E-state index >= 15 is 0 Å². The second-order valence-electron chi connectivity index (χ2n) is 7.95. The average molecular weight is 421 g/mol. The third-order valence-corrected chi connectivity index (χ3v) is 5.18. The summed E-state index contributed by atoms with van der Waals surface area (Å²) in [6, 6.07) is 10.1. The molecule has 0 spiro atoms. The van der Waals surface area contributed by atoms with E-state index in [1.807, 2.05) is 26.0 Å². The number of hydrogen-bond acceptors (Lipinski definition) is 4. The number of carbonyl (C=O) groups is 1. The highest BCUT2D eigenvalue weighted by atomic mass is 32.2. The fourth-order valence-corrected chi connectivity index (χ4v) is 3.88. The molecule has 0 atom stereocenters. The van der Waals surface area contributed by atoms with E-state index in [9.17, 15) is 17.6 Å². The van der Waals surface area contributed by atoms with Crippen molar-refractivity contribution in [3.63, 3.8) is 0 Å². The predicted octanol–water partition coefficient (Wildman–Crippen LogP) is 3.16. The van der Waals surface area contributed by atoms with Crippen LogP contribution in [0.15, 0.2) is 36.4 Å². The number of hydrogen-bond donors (Lipinski definition) is 2. The maximum atomic E-state index is 14.0. The molecule has 0 aliphatic carbocycles. The fraction of sp³-hybridized carbons (Fsp3) is 0.381. The first-order chi connectivity index (χ1) is 13.5. The zero-order chi connectivity index (χ0) is 21.2. The van der Waals surface area contributed by atoms with Crippen molar-refractivity contribution in [3.8, 4) is 5.75 Å². The van der Waals surface area contributed by atoms with Crippen molar-refractivity contribution in [1.82, 2.24) is 5.32 Å². The van der Waals surface area contributed by atoms with E-state index in [4.69, 9.17) is 4.74 Å². The Morgan fingerprint density at radius 3 is 2.59 bits per heavy atom. The van der Waals surface area contributed by atoms with Crippen LogP contribution in [0.2, 0.25) is 0 Å². The second-order valence-corrected chi connectivity index (χ2v) is 9.69. The van der Waals surface area contributed by atoms with Crippen molar-refractivity contribution >= 4 is 21.6 Å². The van der Waals surface area contributed by atoms with Crippen molar-refractivity contribution < 1.29 is 22.3 Å². The lowest BCUT2D eigenvalue weighted by molar-refractivity contribution is -0.121. The molecule has 0 aromatic heterocycles. The zero-order valence-electron chi connectivity index (χ0n) is 16.7. The molecule has 1 heterocycles. The summed E-state index contributed by atoms with van der Waals surface area (Å²) in [7, 11) is -3.55. The van der Waals surface area contributed by atoms with Crippen LogP contribution in [0.3, 0.4) is 0 Å². The van der Waals surface area contributed by atoms with Crippen LogP contribution >= 0.6 is 0 Å². The Hall–Kier alpha value is -2.61. The van der Waals surface area contributed by atoms with Gasteiger partial charge in [-0.1, -0.05) is 18.2 Å². The molecular formula is C21H25FN2O4S. The molecule has 2 N–H and O–H groups in total. The molecule has 2 aromatic carbocycles. The number of halogens is 1. The molecule has 0 saturated carbocycles. The van der Waals surface area contributed by atoms with Gasteiger partial charge in [-0.2, -0.15) is 0 Å². The number of fused-ring (bicyclic) bond motifs is 1. The Morgan fingerprint density at radius 2 is 1.90 bits per heavy atom. The number of sulfonamides is 1. The molecule has 29 heavy (non-hydrogen) atoms. The van der Waals surface area contributed by atoms with Crippen molar-refractivity contribution in [2.24, 2.45) is 0 Å². The molecule has 0 saturated heterocycles. The van der Waals surface area contributed by atoms with E-state index in [2.05, 4.69) is 16.1 Å². The summed E-state index contributed by atoms with van der Waals surface area (Å²) in [6.07, 6.45) is 2.72. The number of nitrogens with one attached hydrogen (secondary N) is 2. The first-order valence-electron chi connectivity index (χ1n) is 9.34. The van der Waals surface area contributed by atoms with Crippen LogP contribution in [0.25, 0.3) is 0 Å². The van der Waals surface area contributed by atoms with Gasteiger partial charge in [0.05, 0.1) is 11.9 Å². The Morgan fingerprint density at radius 1 is 1.17 bits per heavy atom. The largest absolute Gasteiger partial charge is 0.487 e. The fourth-order valence-electron chi connectivity index (χ4n) is 3.32. The second kappa shape index (κ2) is 8.02. The predicted molar refractivity (Wildman–Crippen MR) is 110 cm³/mol. The Bertz CT molecular complexity index is 1030. The van der Waals surface area contributed by atoms with Crippen LogP contribution in [-0.4, -0.2) is 26.2 Å². The normalized spacial score (nSPS) is 14.8. The molecule has 1 aliphatic heterocycles. The van der Waals surface area contributed by atoms with Gasteiger partial charge in [0.1, 0.15) is 17.2 Å². The summed E-state index contributed by atoms with van der Waals surface area (Å²) in [5.74, 6) is 0.0744. The third-order valence-electron chi connectivity index (χ3n) is 4.59. The van der Waals surface area contributed by atoms with E-state index in [1.54, 1.807) is 6.07 Å². The number of rotatable bonds is 7. The summed E-state index contributed by atoms with van der Waals surface area (Å²) in [5.41, 5.74) is 2.46. The lowest BCUT2D eigenvalue weighted by atomic mass is 9.99. The van der Waals surface area contributed by atoms with E-state index in [-0.39, 0.29) is 23.7 Å². The minimum atomic E-state index is -3.55. The first kappa shape index (κ1) is 21.1. The van der Waals surface area contributed by atoms with Crippen LogP contribution in [0.5, 0.6) is 5.75 Å². The number of benzene rings is 2. The van der Waals surface area contributed by atoms with Crippen LogP contribution in [0.1, 0.15) is 37.0 Å². The minimum absolute atomic E-state index is 0.119. The molecular weight excluding hydrogens is 395 g/mol. The molecule has 0 unspecified atom stereocenters. The molecule has 3 rings (SSSR count). The monoisotopic (exact) mass is 420 g/mol. The van der Waals surface area contributed by atoms with Crippen LogP contribution < -0.4 is 14.8 Å². The SMILES string of the molecule is CC1(C)Cc2cc(CCC(=O)NCc3ccc(NS(C)(=O)=O)c(F)c3)ccc2O1. The van der Waals surface area contributed by atoms with Gasteiger partial charge >= 0.3 is 0 Å². The van der Waals surface area contributed by atoms with Gasteiger partial charge in [-0.3, -0.25) is 9.52 Å². The van der Waals surface area contributed by atoms with Crippen molar-refractivity contribution in [2.75, 3.05) is 11.0 Å². The molecule has 1 aliphatic rings. The lowest BCUT2D eigenvalue weighted by Gasteiger charge is -2.16. The van der Waals surface area contributed by atoms with Gasteiger partial charge in [-0.15, -0.1) is 0 Å². The van der Waals surface area contributed by atoms with Crippen LogP contribution in [0.4, 0.5) is 10.1 Å². The van der Waals surface area contributed by atoms with Gasteiger partial charge in [-0.25, -0.2) is 12.8 Å². The van der Waals surface area contributed by atoms with E-state index in [0.717, 1.165) is 29.6 Å². The average Bonchev–Trinajstić information content (AvgIpc) is 2.92. The first-order valence-corrected chi connectivity index (χ1v) is 11.2. The highest BCUT2D eigenvalue weighted by Gasteiger charge is 2.29. The van der Waals surface area contributed by atoms with Gasteiger partial charge in [0.15, 0.2) is 0 Å². The number of ether oxygens (including phenoxy) is 1. The molecule has 6 nitrogen and oxygen atoms in total. The number of carbonyl (C=O) groups excluding carboxylic acids is 1. The number of amides is 1. The topological polar surface area (TPSA) is 84.5 Å². The number of aryl methyl sites for hydroxylation is 1.